The van der Waals surface area contributed by atoms with Gasteiger partial charge in [0.05, 0.1) is 28.2 Å². The van der Waals surface area contributed by atoms with Crippen LogP contribution in [0.25, 0.3) is 10.9 Å². The highest BCUT2D eigenvalue weighted by molar-refractivity contribution is 6.32. The lowest BCUT2D eigenvalue weighted by atomic mass is 10.0. The van der Waals surface area contributed by atoms with Gasteiger partial charge in [-0.1, -0.05) is 35.9 Å². The van der Waals surface area contributed by atoms with Crippen molar-refractivity contribution in [2.45, 2.75) is 25.7 Å². The number of aromatic carboxylic acids is 1. The molecule has 0 aliphatic rings. The molecular formula is C26H20ClF3N2O3. The lowest BCUT2D eigenvalue weighted by Gasteiger charge is -2.16. The second-order valence-corrected chi connectivity index (χ2v) is 8.59. The minimum absolute atomic E-state index is 0.143. The van der Waals surface area contributed by atoms with Crippen molar-refractivity contribution < 1.29 is 27.9 Å². The topological polar surface area (TPSA) is 71.3 Å². The minimum atomic E-state index is -4.41. The molecule has 0 unspecified atom stereocenters. The van der Waals surface area contributed by atoms with Gasteiger partial charge in [0.2, 0.25) is 0 Å². The fraction of sp³-hybridized carbons (Fsp3) is 0.154. The molecule has 0 bridgehead atoms. The van der Waals surface area contributed by atoms with Crippen LogP contribution < -0.4 is 5.32 Å². The molecule has 0 spiro atoms. The van der Waals surface area contributed by atoms with Gasteiger partial charge in [-0.3, -0.25) is 4.79 Å². The quantitative estimate of drug-likeness (QED) is 0.315. The Bertz CT molecular complexity index is 1390. The number of fused-ring (bicyclic) bond motifs is 1. The highest BCUT2D eigenvalue weighted by Gasteiger charge is 2.30. The van der Waals surface area contributed by atoms with Crippen molar-refractivity contribution in [2.75, 3.05) is 0 Å². The van der Waals surface area contributed by atoms with Gasteiger partial charge in [-0.15, -0.1) is 0 Å². The van der Waals surface area contributed by atoms with Gasteiger partial charge >= 0.3 is 12.1 Å². The summed E-state index contributed by atoms with van der Waals surface area (Å²) in [5.41, 5.74) is 1.70. The fourth-order valence-electron chi connectivity index (χ4n) is 3.89. The standard InChI is InChI=1S/C26H20ClF3N2O3/c1-15(17-4-6-18(7-5-17)25(34)35)31-24(33)22-13-21(27)12-19-10-11-32(23(19)22)14-16-2-8-20(9-3-16)26(28,29)30/h2-13,15H,14H2,1H3,(H,31,33)(H,34,35)/t15-/m0/s1. The van der Waals surface area contributed by atoms with Crippen molar-refractivity contribution in [2.24, 2.45) is 0 Å². The number of alkyl halides is 3. The van der Waals surface area contributed by atoms with E-state index < -0.39 is 23.8 Å². The van der Waals surface area contributed by atoms with E-state index in [0.29, 0.717) is 27.1 Å². The highest BCUT2D eigenvalue weighted by Crippen LogP contribution is 2.30. The molecule has 1 atom stereocenters. The Balaban J connectivity index is 1.61. The third-order valence-electron chi connectivity index (χ3n) is 5.71. The maximum atomic E-state index is 13.2. The Labute approximate surface area is 203 Å². The van der Waals surface area contributed by atoms with E-state index in [1.54, 1.807) is 48.0 Å². The van der Waals surface area contributed by atoms with Crippen molar-refractivity contribution in [3.05, 3.63) is 106 Å². The molecule has 0 radical (unpaired) electrons. The number of carbonyl (C=O) groups excluding carboxylic acids is 1. The molecule has 35 heavy (non-hydrogen) atoms. The van der Waals surface area contributed by atoms with Crippen LogP contribution in [0.5, 0.6) is 0 Å². The summed E-state index contributed by atoms with van der Waals surface area (Å²) in [5.74, 6) is -1.43. The van der Waals surface area contributed by atoms with Crippen LogP contribution in [0, 0.1) is 0 Å². The molecule has 5 nitrogen and oxygen atoms in total. The summed E-state index contributed by atoms with van der Waals surface area (Å²) >= 11 is 6.25. The number of nitrogens with one attached hydrogen (secondary N) is 1. The van der Waals surface area contributed by atoms with Crippen LogP contribution in [-0.4, -0.2) is 21.6 Å². The molecule has 180 valence electrons. The smallest absolute Gasteiger partial charge is 0.416 e. The molecule has 1 heterocycles. The first kappa shape index (κ1) is 24.3. The Hall–Kier alpha value is -3.78. The number of nitrogens with zero attached hydrogens (tertiary/aromatic N) is 1. The average Bonchev–Trinajstić information content (AvgIpc) is 3.20. The number of halogens is 4. The molecular weight excluding hydrogens is 481 g/mol. The Morgan fingerprint density at radius 3 is 2.29 bits per heavy atom. The van der Waals surface area contributed by atoms with E-state index in [9.17, 15) is 22.8 Å². The van der Waals surface area contributed by atoms with E-state index in [0.717, 1.165) is 17.7 Å². The van der Waals surface area contributed by atoms with Gasteiger partial charge in [0.25, 0.3) is 5.91 Å². The fourth-order valence-corrected chi connectivity index (χ4v) is 4.11. The van der Waals surface area contributed by atoms with E-state index in [1.807, 2.05) is 0 Å². The van der Waals surface area contributed by atoms with Gasteiger partial charge in [-0.05, 0) is 60.5 Å². The normalized spacial score (nSPS) is 12.5. The summed E-state index contributed by atoms with van der Waals surface area (Å²) in [6, 6.07) is 15.7. The molecule has 0 aliphatic heterocycles. The molecule has 0 saturated carbocycles. The third kappa shape index (κ3) is 5.33. The monoisotopic (exact) mass is 500 g/mol. The molecule has 0 aliphatic carbocycles. The van der Waals surface area contributed by atoms with Crippen LogP contribution in [0.4, 0.5) is 13.2 Å². The first-order valence-corrected chi connectivity index (χ1v) is 11.0. The molecule has 0 saturated heterocycles. The maximum Gasteiger partial charge on any atom is 0.416 e. The predicted molar refractivity (Wildman–Crippen MR) is 127 cm³/mol. The maximum absolute atomic E-state index is 13.2. The second-order valence-electron chi connectivity index (χ2n) is 8.15. The first-order chi connectivity index (χ1) is 16.5. The zero-order valence-electron chi connectivity index (χ0n) is 18.4. The number of hydrogen-bond donors (Lipinski definition) is 2. The van der Waals surface area contributed by atoms with Crippen molar-refractivity contribution in [3.8, 4) is 0 Å². The predicted octanol–water partition coefficient (Wildman–Crippen LogP) is 6.55. The first-order valence-electron chi connectivity index (χ1n) is 10.6. The SMILES string of the molecule is C[C@H](NC(=O)c1cc(Cl)cc2ccn(Cc3ccc(C(F)(F)F)cc3)c12)c1ccc(C(=O)O)cc1. The molecule has 4 rings (SSSR count). The number of hydrogen-bond acceptors (Lipinski definition) is 2. The molecule has 0 fully saturated rings. The van der Waals surface area contributed by atoms with E-state index in [1.165, 1.54) is 24.3 Å². The molecule has 1 amide bonds. The van der Waals surface area contributed by atoms with Crippen molar-refractivity contribution in [1.29, 1.82) is 0 Å². The van der Waals surface area contributed by atoms with Gasteiger partial charge in [-0.2, -0.15) is 13.2 Å². The summed E-state index contributed by atoms with van der Waals surface area (Å²) in [7, 11) is 0. The number of carboxylic acids is 1. The zero-order valence-corrected chi connectivity index (χ0v) is 19.2. The molecule has 2 N–H and O–H groups in total. The third-order valence-corrected chi connectivity index (χ3v) is 5.93. The molecule has 1 aromatic heterocycles. The Kier molecular flexibility index (Phi) is 6.58. The van der Waals surface area contributed by atoms with Crippen LogP contribution >= 0.6 is 11.6 Å². The van der Waals surface area contributed by atoms with E-state index in [4.69, 9.17) is 16.7 Å². The van der Waals surface area contributed by atoms with Gasteiger partial charge < -0.3 is 15.0 Å². The molecule has 3 aromatic carbocycles. The minimum Gasteiger partial charge on any atom is -0.478 e. The largest absolute Gasteiger partial charge is 0.478 e. The van der Waals surface area contributed by atoms with Crippen molar-refractivity contribution in [3.63, 3.8) is 0 Å². The van der Waals surface area contributed by atoms with Crippen LogP contribution in [0.15, 0.2) is 72.9 Å². The van der Waals surface area contributed by atoms with E-state index in [-0.39, 0.29) is 18.0 Å². The van der Waals surface area contributed by atoms with Crippen LogP contribution in [0.2, 0.25) is 5.02 Å². The Morgan fingerprint density at radius 2 is 1.69 bits per heavy atom. The number of rotatable bonds is 6. The van der Waals surface area contributed by atoms with Crippen LogP contribution in [0.1, 0.15) is 50.4 Å². The number of aromatic nitrogens is 1. The lowest BCUT2D eigenvalue weighted by molar-refractivity contribution is -0.137. The zero-order chi connectivity index (χ0) is 25.3. The van der Waals surface area contributed by atoms with E-state index in [2.05, 4.69) is 5.32 Å². The summed E-state index contributed by atoms with van der Waals surface area (Å²) < 4.78 is 40.4. The number of carboxylic acid groups (broad SMARTS) is 1. The van der Waals surface area contributed by atoms with Gasteiger partial charge in [0.15, 0.2) is 0 Å². The average molecular weight is 501 g/mol. The Morgan fingerprint density at radius 1 is 1.03 bits per heavy atom. The number of amides is 1. The highest BCUT2D eigenvalue weighted by atomic mass is 35.5. The molecule has 9 heteroatoms. The summed E-state index contributed by atoms with van der Waals surface area (Å²) in [5, 5.41) is 13.0. The molecule has 4 aromatic rings. The number of benzene rings is 3. The summed E-state index contributed by atoms with van der Waals surface area (Å²) in [6.45, 7) is 2.03. The van der Waals surface area contributed by atoms with Crippen LogP contribution in [-0.2, 0) is 12.7 Å². The van der Waals surface area contributed by atoms with E-state index >= 15 is 0 Å². The summed E-state index contributed by atoms with van der Waals surface area (Å²) in [6.07, 6.45) is -2.66. The van der Waals surface area contributed by atoms with Crippen LogP contribution in [0.3, 0.4) is 0 Å². The lowest BCUT2D eigenvalue weighted by Crippen LogP contribution is -2.27. The van der Waals surface area contributed by atoms with Crippen molar-refractivity contribution >= 4 is 34.4 Å². The van der Waals surface area contributed by atoms with Gasteiger partial charge in [0, 0.05) is 23.2 Å². The number of carbonyl (C=O) groups is 2. The van der Waals surface area contributed by atoms with Gasteiger partial charge in [-0.25, -0.2) is 4.79 Å². The van der Waals surface area contributed by atoms with Gasteiger partial charge in [0.1, 0.15) is 0 Å². The second kappa shape index (κ2) is 9.46. The van der Waals surface area contributed by atoms with Crippen molar-refractivity contribution in [1.82, 2.24) is 9.88 Å². The summed E-state index contributed by atoms with van der Waals surface area (Å²) in [4.78, 5) is 24.3.